The van der Waals surface area contributed by atoms with E-state index in [0.717, 1.165) is 5.82 Å². The highest BCUT2D eigenvalue weighted by Crippen LogP contribution is 2.31. The Morgan fingerprint density at radius 3 is 2.27 bits per heavy atom. The number of aromatic nitrogens is 2. The van der Waals surface area contributed by atoms with E-state index in [9.17, 15) is 0 Å². The summed E-state index contributed by atoms with van der Waals surface area (Å²) < 4.78 is 0. The number of hydrogen-bond donors (Lipinski definition) is 1. The molecule has 0 atom stereocenters. The zero-order valence-corrected chi connectivity index (χ0v) is 9.67. The lowest BCUT2D eigenvalue weighted by Gasteiger charge is -2.21. The smallest absolute Gasteiger partial charge is 0.141 e. The van der Waals surface area contributed by atoms with Crippen LogP contribution in [0.1, 0.15) is 49.4 Å². The molecule has 1 aliphatic rings. The highest BCUT2D eigenvalue weighted by atomic mass is 35.5. The molecule has 0 unspecified atom stereocenters. The standard InChI is InChI=1S/C11H17N3.ClH/c12-6-11-13-7-10(8-14-11)9-4-2-1-3-5-9;/h7-9H,1-6,12H2;1H. The first-order chi connectivity index (χ1) is 6.90. The van der Waals surface area contributed by atoms with Crippen LogP contribution in [0.15, 0.2) is 12.4 Å². The number of nitrogens with two attached hydrogens (primary N) is 1. The van der Waals surface area contributed by atoms with Crippen LogP contribution in [0.4, 0.5) is 0 Å². The van der Waals surface area contributed by atoms with Crippen molar-refractivity contribution >= 4 is 12.4 Å². The maximum atomic E-state index is 5.45. The van der Waals surface area contributed by atoms with E-state index < -0.39 is 0 Å². The molecule has 4 heteroatoms. The second-order valence-corrected chi connectivity index (χ2v) is 3.97. The molecule has 0 aliphatic heterocycles. The van der Waals surface area contributed by atoms with Crippen molar-refractivity contribution in [3.63, 3.8) is 0 Å². The van der Waals surface area contributed by atoms with Crippen molar-refractivity contribution < 1.29 is 0 Å². The van der Waals surface area contributed by atoms with E-state index in [1.54, 1.807) is 0 Å². The number of rotatable bonds is 2. The van der Waals surface area contributed by atoms with Gasteiger partial charge in [-0.2, -0.15) is 0 Å². The summed E-state index contributed by atoms with van der Waals surface area (Å²) >= 11 is 0. The fourth-order valence-corrected chi connectivity index (χ4v) is 2.12. The molecular formula is C11H18ClN3. The van der Waals surface area contributed by atoms with E-state index in [1.165, 1.54) is 37.7 Å². The Kier molecular flexibility index (Phi) is 4.99. The molecule has 1 heterocycles. The Morgan fingerprint density at radius 1 is 1.13 bits per heavy atom. The average Bonchev–Trinajstić information content (AvgIpc) is 2.30. The van der Waals surface area contributed by atoms with Crippen LogP contribution in [-0.4, -0.2) is 9.97 Å². The predicted molar refractivity (Wildman–Crippen MR) is 63.0 cm³/mol. The van der Waals surface area contributed by atoms with Gasteiger partial charge < -0.3 is 5.73 Å². The van der Waals surface area contributed by atoms with Gasteiger partial charge in [-0.15, -0.1) is 12.4 Å². The summed E-state index contributed by atoms with van der Waals surface area (Å²) in [4.78, 5) is 8.47. The first kappa shape index (κ1) is 12.4. The van der Waals surface area contributed by atoms with Gasteiger partial charge in [-0.25, -0.2) is 9.97 Å². The number of halogens is 1. The lowest BCUT2D eigenvalue weighted by atomic mass is 9.85. The fourth-order valence-electron chi connectivity index (χ4n) is 2.12. The van der Waals surface area contributed by atoms with Crippen molar-refractivity contribution in [2.45, 2.75) is 44.6 Å². The van der Waals surface area contributed by atoms with Gasteiger partial charge in [-0.1, -0.05) is 19.3 Å². The second kappa shape index (κ2) is 6.03. The summed E-state index contributed by atoms with van der Waals surface area (Å²) in [5, 5.41) is 0. The van der Waals surface area contributed by atoms with Crippen molar-refractivity contribution in [1.29, 1.82) is 0 Å². The van der Waals surface area contributed by atoms with E-state index in [2.05, 4.69) is 9.97 Å². The SMILES string of the molecule is Cl.NCc1ncc(C2CCCCC2)cn1. The third kappa shape index (κ3) is 3.14. The van der Waals surface area contributed by atoms with E-state index in [4.69, 9.17) is 5.73 Å². The lowest BCUT2D eigenvalue weighted by Crippen LogP contribution is -2.08. The molecule has 1 aliphatic carbocycles. The first-order valence-corrected chi connectivity index (χ1v) is 5.41. The van der Waals surface area contributed by atoms with E-state index >= 15 is 0 Å². The Balaban J connectivity index is 0.00000112. The van der Waals surface area contributed by atoms with Crippen molar-refractivity contribution in [3.8, 4) is 0 Å². The van der Waals surface area contributed by atoms with E-state index in [1.807, 2.05) is 12.4 Å². The zero-order valence-electron chi connectivity index (χ0n) is 8.85. The third-order valence-electron chi connectivity index (χ3n) is 2.98. The topological polar surface area (TPSA) is 51.8 Å². The molecule has 1 fully saturated rings. The van der Waals surface area contributed by atoms with E-state index in [-0.39, 0.29) is 12.4 Å². The highest BCUT2D eigenvalue weighted by molar-refractivity contribution is 5.85. The second-order valence-electron chi connectivity index (χ2n) is 3.97. The van der Waals surface area contributed by atoms with Gasteiger partial charge in [0.25, 0.3) is 0 Å². The maximum absolute atomic E-state index is 5.45. The largest absolute Gasteiger partial charge is 0.324 e. The molecule has 15 heavy (non-hydrogen) atoms. The van der Waals surface area contributed by atoms with Gasteiger partial charge in [-0.3, -0.25) is 0 Å². The van der Waals surface area contributed by atoms with Crippen LogP contribution in [0.25, 0.3) is 0 Å². The summed E-state index contributed by atoms with van der Waals surface area (Å²) in [5.41, 5.74) is 6.75. The maximum Gasteiger partial charge on any atom is 0.141 e. The quantitative estimate of drug-likeness (QED) is 0.844. The van der Waals surface area contributed by atoms with Crippen LogP contribution in [-0.2, 0) is 6.54 Å². The van der Waals surface area contributed by atoms with Gasteiger partial charge in [0.2, 0.25) is 0 Å². The minimum Gasteiger partial charge on any atom is -0.324 e. The summed E-state index contributed by atoms with van der Waals surface area (Å²) in [6, 6.07) is 0. The average molecular weight is 228 g/mol. The molecule has 3 nitrogen and oxygen atoms in total. The fraction of sp³-hybridized carbons (Fsp3) is 0.636. The summed E-state index contributed by atoms with van der Waals surface area (Å²) in [6.07, 6.45) is 10.6. The summed E-state index contributed by atoms with van der Waals surface area (Å²) in [6.45, 7) is 0.435. The van der Waals surface area contributed by atoms with Gasteiger partial charge in [0.15, 0.2) is 0 Å². The number of hydrogen-bond acceptors (Lipinski definition) is 3. The molecule has 0 saturated heterocycles. The van der Waals surface area contributed by atoms with Crippen LogP contribution in [0.5, 0.6) is 0 Å². The normalized spacial score (nSPS) is 17.1. The van der Waals surface area contributed by atoms with E-state index in [0.29, 0.717) is 12.5 Å². The molecule has 0 spiro atoms. The first-order valence-electron chi connectivity index (χ1n) is 5.41. The number of nitrogens with zero attached hydrogens (tertiary/aromatic N) is 2. The minimum atomic E-state index is 0. The molecule has 1 saturated carbocycles. The molecule has 2 rings (SSSR count). The predicted octanol–water partition coefficient (Wildman–Crippen LogP) is 2.40. The van der Waals surface area contributed by atoms with Crippen molar-refractivity contribution in [2.75, 3.05) is 0 Å². The van der Waals surface area contributed by atoms with Crippen LogP contribution >= 0.6 is 12.4 Å². The minimum absolute atomic E-state index is 0. The highest BCUT2D eigenvalue weighted by Gasteiger charge is 2.15. The molecular weight excluding hydrogens is 210 g/mol. The van der Waals surface area contributed by atoms with Gasteiger partial charge in [0.05, 0.1) is 6.54 Å². The van der Waals surface area contributed by atoms with Crippen molar-refractivity contribution in [3.05, 3.63) is 23.8 Å². The van der Waals surface area contributed by atoms with Crippen LogP contribution in [0.3, 0.4) is 0 Å². The Bertz CT molecular complexity index is 280. The van der Waals surface area contributed by atoms with Gasteiger partial charge in [0, 0.05) is 12.4 Å². The Hall–Kier alpha value is -0.670. The third-order valence-corrected chi connectivity index (χ3v) is 2.98. The Labute approximate surface area is 96.9 Å². The molecule has 2 N–H and O–H groups in total. The van der Waals surface area contributed by atoms with Crippen molar-refractivity contribution in [2.24, 2.45) is 5.73 Å². The molecule has 0 aromatic carbocycles. The van der Waals surface area contributed by atoms with Gasteiger partial charge >= 0.3 is 0 Å². The molecule has 84 valence electrons. The molecule has 1 aromatic heterocycles. The summed E-state index contributed by atoms with van der Waals surface area (Å²) in [7, 11) is 0. The van der Waals surface area contributed by atoms with Crippen LogP contribution in [0.2, 0.25) is 0 Å². The Morgan fingerprint density at radius 2 is 1.73 bits per heavy atom. The lowest BCUT2D eigenvalue weighted by molar-refractivity contribution is 0.441. The van der Waals surface area contributed by atoms with Crippen molar-refractivity contribution in [1.82, 2.24) is 9.97 Å². The summed E-state index contributed by atoms with van der Waals surface area (Å²) in [5.74, 6) is 1.43. The van der Waals surface area contributed by atoms with Crippen LogP contribution < -0.4 is 5.73 Å². The molecule has 0 amide bonds. The molecule has 1 aromatic rings. The molecule has 0 bridgehead atoms. The zero-order chi connectivity index (χ0) is 9.80. The molecule has 0 radical (unpaired) electrons. The van der Waals surface area contributed by atoms with Gasteiger partial charge in [0.1, 0.15) is 5.82 Å². The van der Waals surface area contributed by atoms with Crippen LogP contribution in [0, 0.1) is 0 Å². The van der Waals surface area contributed by atoms with Gasteiger partial charge in [-0.05, 0) is 24.3 Å². The monoisotopic (exact) mass is 227 g/mol.